The van der Waals surface area contributed by atoms with E-state index in [-0.39, 0.29) is 11.4 Å². The Morgan fingerprint density at radius 2 is 1.72 bits per heavy atom. The van der Waals surface area contributed by atoms with Crippen molar-refractivity contribution in [2.45, 2.75) is 32.3 Å². The Morgan fingerprint density at radius 3 is 2.41 bits per heavy atom. The van der Waals surface area contributed by atoms with E-state index < -0.39 is 0 Å². The molecule has 0 atom stereocenters. The van der Waals surface area contributed by atoms with Crippen LogP contribution in [0.1, 0.15) is 37.8 Å². The fourth-order valence-electron chi connectivity index (χ4n) is 3.87. The minimum atomic E-state index is -0.340. The smallest absolute Gasteiger partial charge is 0.204 e. The zero-order chi connectivity index (χ0) is 20.3. The number of tetrazole rings is 1. The van der Waals surface area contributed by atoms with Gasteiger partial charge in [-0.05, 0) is 47.6 Å². The molecule has 1 aromatic heterocycles. The van der Waals surface area contributed by atoms with Crippen LogP contribution in [0.4, 0.5) is 0 Å². The molecule has 3 N–H and O–H groups in total. The molecule has 3 heterocycles. The van der Waals surface area contributed by atoms with Crippen LogP contribution in [0, 0.1) is 0 Å². The van der Waals surface area contributed by atoms with Crippen molar-refractivity contribution in [2.24, 2.45) is 0 Å². The molecule has 1 saturated heterocycles. The molecule has 0 radical (unpaired) electrons. The zero-order valence-corrected chi connectivity index (χ0v) is 16.6. The van der Waals surface area contributed by atoms with Gasteiger partial charge in [0.1, 0.15) is 17.1 Å². The molecule has 3 aromatic rings. The summed E-state index contributed by atoms with van der Waals surface area (Å²) >= 11 is 0. The van der Waals surface area contributed by atoms with Crippen molar-refractivity contribution < 1.29 is 9.84 Å². The topological polar surface area (TPSA) is 96.0 Å². The first-order chi connectivity index (χ1) is 14.2. The molecule has 1 spiro atoms. The molecule has 150 valence electrons. The lowest BCUT2D eigenvalue weighted by Crippen LogP contribution is -2.46. The highest BCUT2D eigenvalue weighted by atomic mass is 16.5. The van der Waals surface area contributed by atoms with Crippen LogP contribution in [-0.2, 0) is 0 Å². The normalized spacial score (nSPS) is 16.8. The van der Waals surface area contributed by atoms with Crippen LogP contribution in [0.3, 0.4) is 0 Å². The van der Waals surface area contributed by atoms with Crippen LogP contribution >= 0.6 is 0 Å². The average Bonchev–Trinajstić information content (AvgIpc) is 3.30. The van der Waals surface area contributed by atoms with Gasteiger partial charge in [0.2, 0.25) is 5.82 Å². The number of H-pyrrole nitrogens is 1. The summed E-state index contributed by atoms with van der Waals surface area (Å²) in [6, 6.07) is 13.4. The number of fused-ring (bicyclic) bond motifs is 1. The van der Waals surface area contributed by atoms with E-state index in [2.05, 4.69) is 32.0 Å². The van der Waals surface area contributed by atoms with E-state index in [9.17, 15) is 5.11 Å². The predicted molar refractivity (Wildman–Crippen MR) is 112 cm³/mol. The first-order valence-electron chi connectivity index (χ1n) is 10.0. The van der Waals surface area contributed by atoms with Crippen LogP contribution in [0.5, 0.6) is 11.5 Å². The second-order valence-corrected chi connectivity index (χ2v) is 6.94. The number of nitrogens with one attached hydrogen (secondary N) is 2. The van der Waals surface area contributed by atoms with Crippen molar-refractivity contribution in [3.05, 3.63) is 59.7 Å². The van der Waals surface area contributed by atoms with Crippen molar-refractivity contribution in [1.82, 2.24) is 25.9 Å². The van der Waals surface area contributed by atoms with Crippen LogP contribution < -0.4 is 10.1 Å². The Morgan fingerprint density at radius 1 is 1.00 bits per heavy atom. The van der Waals surface area contributed by atoms with Gasteiger partial charge in [-0.2, -0.15) is 5.21 Å². The van der Waals surface area contributed by atoms with Gasteiger partial charge in [0.15, 0.2) is 0 Å². The lowest BCUT2D eigenvalue weighted by Gasteiger charge is -2.40. The quantitative estimate of drug-likeness (QED) is 0.618. The van der Waals surface area contributed by atoms with Crippen molar-refractivity contribution in [1.29, 1.82) is 0 Å². The maximum atomic E-state index is 10.5. The van der Waals surface area contributed by atoms with E-state index in [0.717, 1.165) is 53.9 Å². The molecule has 7 heteroatoms. The number of rotatable bonds is 2. The number of aromatic nitrogens is 4. The van der Waals surface area contributed by atoms with Gasteiger partial charge in [0.05, 0.1) is 5.56 Å². The van der Waals surface area contributed by atoms with Gasteiger partial charge in [-0.3, -0.25) is 0 Å². The second-order valence-electron chi connectivity index (χ2n) is 6.94. The van der Waals surface area contributed by atoms with Gasteiger partial charge in [-0.25, -0.2) is 0 Å². The molecule has 0 amide bonds. The Hall–Kier alpha value is -3.19. The molecule has 7 nitrogen and oxygen atoms in total. The Balaban J connectivity index is 0.000000994. The summed E-state index contributed by atoms with van der Waals surface area (Å²) in [5.74, 6) is 1.52. The number of phenolic OH excluding ortho intramolecular Hbond substituents is 1. The van der Waals surface area contributed by atoms with E-state index in [1.54, 1.807) is 6.07 Å². The molecule has 0 bridgehead atoms. The van der Waals surface area contributed by atoms with Crippen LogP contribution in [0.25, 0.3) is 17.0 Å². The number of piperidine rings is 1. The maximum Gasteiger partial charge on any atom is 0.204 e. The highest BCUT2D eigenvalue weighted by Gasteiger charge is 2.37. The Labute approximate surface area is 169 Å². The van der Waals surface area contributed by atoms with Gasteiger partial charge in [0, 0.05) is 18.4 Å². The van der Waals surface area contributed by atoms with Crippen LogP contribution in [0.2, 0.25) is 0 Å². The van der Waals surface area contributed by atoms with Crippen molar-refractivity contribution in [2.75, 3.05) is 13.1 Å². The van der Waals surface area contributed by atoms with E-state index in [1.807, 2.05) is 50.2 Å². The number of benzene rings is 2. The molecular weight excluding hydrogens is 366 g/mol. The number of aromatic amines is 1. The minimum absolute atomic E-state index is 0.227. The lowest BCUT2D eigenvalue weighted by molar-refractivity contribution is 0.0813. The first-order valence-corrected chi connectivity index (χ1v) is 10.0. The van der Waals surface area contributed by atoms with Crippen molar-refractivity contribution in [3.63, 3.8) is 0 Å². The number of aromatic hydroxyl groups is 1. The molecule has 0 aliphatic carbocycles. The highest BCUT2D eigenvalue weighted by molar-refractivity contribution is 5.88. The van der Waals surface area contributed by atoms with E-state index in [4.69, 9.17) is 4.74 Å². The predicted octanol–water partition coefficient (Wildman–Crippen LogP) is 3.54. The van der Waals surface area contributed by atoms with Crippen molar-refractivity contribution >= 4 is 5.57 Å². The molecule has 0 saturated carbocycles. The fourth-order valence-corrected chi connectivity index (χ4v) is 3.87. The van der Waals surface area contributed by atoms with Crippen LogP contribution in [0.15, 0.2) is 48.5 Å². The summed E-state index contributed by atoms with van der Waals surface area (Å²) < 4.78 is 6.37. The van der Waals surface area contributed by atoms with E-state index >= 15 is 0 Å². The fraction of sp³-hybridized carbons (Fsp3) is 0.318. The van der Waals surface area contributed by atoms with Crippen molar-refractivity contribution in [3.8, 4) is 22.9 Å². The van der Waals surface area contributed by atoms with Gasteiger partial charge >= 0.3 is 0 Å². The third-order valence-electron chi connectivity index (χ3n) is 5.24. The third-order valence-corrected chi connectivity index (χ3v) is 5.24. The summed E-state index contributed by atoms with van der Waals surface area (Å²) in [5.41, 5.74) is 3.30. The zero-order valence-electron chi connectivity index (χ0n) is 16.6. The SMILES string of the molecule is CC.Oc1cccc2c1C(c1ccc(-c3nn[nH]n3)cc1)=CC1(CCNCC1)O2. The number of phenols is 1. The third kappa shape index (κ3) is 3.61. The number of ether oxygens (including phenoxy) is 1. The van der Waals surface area contributed by atoms with Gasteiger partial charge in [0.25, 0.3) is 0 Å². The summed E-state index contributed by atoms with van der Waals surface area (Å²) in [6.07, 6.45) is 3.97. The minimum Gasteiger partial charge on any atom is -0.507 e. The summed E-state index contributed by atoms with van der Waals surface area (Å²) in [6.45, 7) is 5.82. The largest absolute Gasteiger partial charge is 0.507 e. The second kappa shape index (κ2) is 8.05. The molecule has 0 unspecified atom stereocenters. The number of hydrogen-bond donors (Lipinski definition) is 3. The highest BCUT2D eigenvalue weighted by Crippen LogP contribution is 2.46. The monoisotopic (exact) mass is 391 g/mol. The lowest BCUT2D eigenvalue weighted by atomic mass is 9.83. The maximum absolute atomic E-state index is 10.5. The summed E-state index contributed by atoms with van der Waals surface area (Å²) in [4.78, 5) is 0. The summed E-state index contributed by atoms with van der Waals surface area (Å²) in [7, 11) is 0. The van der Waals surface area contributed by atoms with E-state index in [0.29, 0.717) is 5.82 Å². The molecular formula is C22H25N5O2. The standard InChI is InChI=1S/C20H19N5O2.C2H6/c26-16-2-1-3-17-18(16)15(12-20(27-17)8-10-21-11-9-20)13-4-6-14(7-5-13)19-22-24-25-23-19;1-2/h1-7,12,21,26H,8-11H2,(H,22,23,24,25);1-2H3. The van der Waals surface area contributed by atoms with Crippen LogP contribution in [-0.4, -0.2) is 44.4 Å². The number of nitrogens with zero attached hydrogens (tertiary/aromatic N) is 3. The Bertz CT molecular complexity index is 991. The molecule has 2 aromatic carbocycles. The summed E-state index contributed by atoms with van der Waals surface area (Å²) in [5, 5.41) is 28.0. The molecule has 2 aliphatic rings. The van der Waals surface area contributed by atoms with Gasteiger partial charge < -0.3 is 15.2 Å². The average molecular weight is 391 g/mol. The Kier molecular flexibility index (Phi) is 5.31. The molecule has 5 rings (SSSR count). The van der Waals surface area contributed by atoms with Gasteiger partial charge in [-0.1, -0.05) is 44.2 Å². The molecule has 2 aliphatic heterocycles. The first kappa shape index (κ1) is 19.1. The van der Waals surface area contributed by atoms with E-state index in [1.165, 1.54) is 0 Å². The molecule has 1 fully saturated rings. The van der Waals surface area contributed by atoms with Gasteiger partial charge in [-0.15, -0.1) is 10.2 Å². The molecule has 29 heavy (non-hydrogen) atoms. The number of hydrogen-bond acceptors (Lipinski definition) is 6.